The van der Waals surface area contributed by atoms with Gasteiger partial charge in [-0.15, -0.1) is 0 Å². The Labute approximate surface area is 246 Å². The number of anilines is 1. The molecule has 214 valence electrons. The number of ether oxygens (including phenoxy) is 1. The van der Waals surface area contributed by atoms with Crippen LogP contribution in [0.15, 0.2) is 97.1 Å². The minimum absolute atomic E-state index is 0.196. The molecule has 1 aromatic heterocycles. The molecule has 4 amide bonds. The minimum Gasteiger partial charge on any atom is -0.496 e. The first-order valence-corrected chi connectivity index (χ1v) is 14.0. The van der Waals surface area contributed by atoms with Crippen molar-refractivity contribution in [2.75, 3.05) is 12.0 Å². The lowest BCUT2D eigenvalue weighted by atomic mass is 9.89. The second kappa shape index (κ2) is 10.4. The summed E-state index contributed by atoms with van der Waals surface area (Å²) in [4.78, 5) is 48.0. The zero-order chi connectivity index (χ0) is 29.7. The SMILES string of the molecule is COc1ccccc1CNC(=O)c1ccccc1N1C(=O)[C@@H]2Cc3c([nH]c4ccccc34)[C@H](c3ccc(F)cc3)N2C1=O. The summed E-state index contributed by atoms with van der Waals surface area (Å²) in [7, 11) is 1.56. The van der Waals surface area contributed by atoms with Crippen molar-refractivity contribution in [3.63, 3.8) is 0 Å². The lowest BCUT2D eigenvalue weighted by molar-refractivity contribution is -0.120. The van der Waals surface area contributed by atoms with Crippen LogP contribution in [0.3, 0.4) is 0 Å². The number of imide groups is 1. The van der Waals surface area contributed by atoms with Gasteiger partial charge in [0.25, 0.3) is 11.8 Å². The number of fused-ring (bicyclic) bond motifs is 4. The first-order valence-electron chi connectivity index (χ1n) is 14.0. The second-order valence-electron chi connectivity index (χ2n) is 10.6. The molecule has 5 aromatic rings. The number of aromatic amines is 1. The maximum absolute atomic E-state index is 14.3. The van der Waals surface area contributed by atoms with Crippen molar-refractivity contribution < 1.29 is 23.5 Å². The monoisotopic (exact) mass is 574 g/mol. The number of nitrogens with one attached hydrogen (secondary N) is 2. The summed E-state index contributed by atoms with van der Waals surface area (Å²) < 4.78 is 19.3. The summed E-state index contributed by atoms with van der Waals surface area (Å²) in [6, 6.07) is 25.7. The molecule has 0 spiro atoms. The van der Waals surface area contributed by atoms with E-state index in [1.54, 1.807) is 48.4 Å². The van der Waals surface area contributed by atoms with Crippen LogP contribution in [0.2, 0.25) is 0 Å². The molecule has 2 atom stereocenters. The number of hydrogen-bond donors (Lipinski definition) is 2. The fourth-order valence-corrected chi connectivity index (χ4v) is 6.27. The van der Waals surface area contributed by atoms with Gasteiger partial charge >= 0.3 is 6.03 Å². The van der Waals surface area contributed by atoms with E-state index in [1.165, 1.54) is 12.1 Å². The van der Waals surface area contributed by atoms with E-state index >= 15 is 0 Å². The molecule has 2 N–H and O–H groups in total. The number of H-pyrrole nitrogens is 1. The molecular formula is C34H27FN4O4. The smallest absolute Gasteiger partial charge is 0.332 e. The summed E-state index contributed by atoms with van der Waals surface area (Å²) in [6.45, 7) is 0.197. The number of carbonyl (C=O) groups excluding carboxylic acids is 3. The summed E-state index contributed by atoms with van der Waals surface area (Å²) in [6.07, 6.45) is 0.306. The Balaban J connectivity index is 1.27. The highest BCUT2D eigenvalue weighted by Gasteiger charge is 2.53. The molecule has 0 saturated carbocycles. The molecule has 0 radical (unpaired) electrons. The fourth-order valence-electron chi connectivity index (χ4n) is 6.27. The van der Waals surface area contributed by atoms with Gasteiger partial charge in [-0.3, -0.25) is 14.5 Å². The second-order valence-corrected chi connectivity index (χ2v) is 10.6. The van der Waals surface area contributed by atoms with E-state index < -0.39 is 35.7 Å². The number of benzene rings is 4. The van der Waals surface area contributed by atoms with Gasteiger partial charge < -0.3 is 15.0 Å². The van der Waals surface area contributed by atoms with Crippen LogP contribution in [0.25, 0.3) is 10.9 Å². The molecule has 7 rings (SSSR count). The van der Waals surface area contributed by atoms with Crippen molar-refractivity contribution in [1.82, 2.24) is 15.2 Å². The fraction of sp³-hybridized carbons (Fsp3) is 0.147. The average Bonchev–Trinajstić information content (AvgIpc) is 3.53. The van der Waals surface area contributed by atoms with E-state index in [0.717, 1.165) is 32.6 Å². The third kappa shape index (κ3) is 4.32. The molecule has 2 aliphatic rings. The standard InChI is InChI=1S/C34H27FN4O4/c1-43-29-13-7-2-8-21(29)19-36-32(40)24-10-4-6-12-27(24)39-33(41)28-18-25-23-9-3-5-11-26(23)37-30(25)31(38(28)34(39)42)20-14-16-22(35)17-15-20/h2-17,28,31,37H,18-19H2,1H3,(H,36,40)/t28-,31-/m0/s1. The van der Waals surface area contributed by atoms with Crippen molar-refractivity contribution in [2.45, 2.75) is 25.0 Å². The summed E-state index contributed by atoms with van der Waals surface area (Å²) in [5, 5.41) is 3.87. The van der Waals surface area contributed by atoms with Crippen LogP contribution in [0.1, 0.15) is 38.8 Å². The van der Waals surface area contributed by atoms with E-state index in [-0.39, 0.29) is 17.8 Å². The summed E-state index contributed by atoms with van der Waals surface area (Å²) >= 11 is 0. The molecule has 0 unspecified atom stereocenters. The average molecular weight is 575 g/mol. The van der Waals surface area contributed by atoms with Crippen LogP contribution < -0.4 is 15.0 Å². The molecule has 1 saturated heterocycles. The zero-order valence-electron chi connectivity index (χ0n) is 23.2. The molecule has 3 heterocycles. The largest absolute Gasteiger partial charge is 0.496 e. The van der Waals surface area contributed by atoms with E-state index in [0.29, 0.717) is 17.7 Å². The summed E-state index contributed by atoms with van der Waals surface area (Å²) in [5.74, 6) is -0.608. The number of hydrogen-bond acceptors (Lipinski definition) is 4. The van der Waals surface area contributed by atoms with Gasteiger partial charge in [0, 0.05) is 35.1 Å². The Bertz CT molecular complexity index is 1900. The van der Waals surface area contributed by atoms with Crippen molar-refractivity contribution in [3.05, 3.63) is 131 Å². The Kier molecular flexibility index (Phi) is 6.42. The van der Waals surface area contributed by atoms with E-state index in [2.05, 4.69) is 10.3 Å². The normalized spacial score (nSPS) is 17.6. The molecular weight excluding hydrogens is 547 g/mol. The van der Waals surface area contributed by atoms with Crippen LogP contribution in [0.5, 0.6) is 5.75 Å². The number of halogens is 1. The lowest BCUT2D eigenvalue weighted by Gasteiger charge is -2.36. The first kappa shape index (κ1) is 26.5. The van der Waals surface area contributed by atoms with Crippen molar-refractivity contribution in [2.24, 2.45) is 0 Å². The third-order valence-corrected chi connectivity index (χ3v) is 8.26. The highest BCUT2D eigenvalue weighted by atomic mass is 19.1. The molecule has 1 fully saturated rings. The number of para-hydroxylation sites is 3. The van der Waals surface area contributed by atoms with Gasteiger partial charge in [0.1, 0.15) is 23.7 Å². The van der Waals surface area contributed by atoms with Crippen LogP contribution in [0.4, 0.5) is 14.9 Å². The van der Waals surface area contributed by atoms with Gasteiger partial charge in [-0.05, 0) is 47.5 Å². The highest BCUT2D eigenvalue weighted by Crippen LogP contribution is 2.45. The number of methoxy groups -OCH3 is 1. The lowest BCUT2D eigenvalue weighted by Crippen LogP contribution is -2.44. The zero-order valence-corrected chi connectivity index (χ0v) is 23.2. The van der Waals surface area contributed by atoms with Gasteiger partial charge in [-0.1, -0.05) is 60.7 Å². The Morgan fingerprint density at radius 2 is 1.67 bits per heavy atom. The molecule has 0 aliphatic carbocycles. The van der Waals surface area contributed by atoms with Crippen molar-refractivity contribution in [1.29, 1.82) is 0 Å². The molecule has 43 heavy (non-hydrogen) atoms. The Hall–Kier alpha value is -5.44. The minimum atomic E-state index is -0.807. The first-order chi connectivity index (χ1) is 21.0. The van der Waals surface area contributed by atoms with Crippen molar-refractivity contribution in [3.8, 4) is 5.75 Å². The van der Waals surface area contributed by atoms with E-state index in [1.807, 2.05) is 48.5 Å². The topological polar surface area (TPSA) is 94.7 Å². The van der Waals surface area contributed by atoms with E-state index in [4.69, 9.17) is 4.74 Å². The number of aromatic nitrogens is 1. The van der Waals surface area contributed by atoms with Crippen LogP contribution >= 0.6 is 0 Å². The number of amides is 4. The van der Waals surface area contributed by atoms with Crippen molar-refractivity contribution >= 4 is 34.4 Å². The maximum atomic E-state index is 14.3. The highest BCUT2D eigenvalue weighted by molar-refractivity contribution is 6.24. The van der Waals surface area contributed by atoms with Crippen LogP contribution in [0, 0.1) is 5.82 Å². The number of nitrogens with zero attached hydrogens (tertiary/aromatic N) is 2. The number of carbonyl (C=O) groups is 3. The Morgan fingerprint density at radius 1 is 0.953 bits per heavy atom. The Morgan fingerprint density at radius 3 is 2.49 bits per heavy atom. The van der Waals surface area contributed by atoms with Gasteiger partial charge in [0.15, 0.2) is 0 Å². The molecule has 2 aliphatic heterocycles. The van der Waals surface area contributed by atoms with Gasteiger partial charge in [-0.2, -0.15) is 0 Å². The van der Waals surface area contributed by atoms with Gasteiger partial charge in [0.05, 0.1) is 18.4 Å². The molecule has 4 aromatic carbocycles. The molecule has 8 nitrogen and oxygen atoms in total. The van der Waals surface area contributed by atoms with Crippen LogP contribution in [-0.4, -0.2) is 40.9 Å². The number of urea groups is 1. The maximum Gasteiger partial charge on any atom is 0.332 e. The van der Waals surface area contributed by atoms with Gasteiger partial charge in [0.2, 0.25) is 0 Å². The van der Waals surface area contributed by atoms with Gasteiger partial charge in [-0.25, -0.2) is 14.1 Å². The predicted molar refractivity (Wildman–Crippen MR) is 159 cm³/mol. The molecule has 0 bridgehead atoms. The molecule has 9 heteroatoms. The number of rotatable bonds is 6. The summed E-state index contributed by atoms with van der Waals surface area (Å²) in [5.41, 5.74) is 4.49. The predicted octanol–water partition coefficient (Wildman–Crippen LogP) is 5.73. The third-order valence-electron chi connectivity index (χ3n) is 8.26. The van der Waals surface area contributed by atoms with Crippen LogP contribution in [-0.2, 0) is 17.8 Å². The quantitative estimate of drug-likeness (QED) is 0.253. The van der Waals surface area contributed by atoms with E-state index in [9.17, 15) is 18.8 Å².